The fourth-order valence-electron chi connectivity index (χ4n) is 1.64. The summed E-state index contributed by atoms with van der Waals surface area (Å²) in [5.74, 6) is 0.171. The summed E-state index contributed by atoms with van der Waals surface area (Å²) in [5.41, 5.74) is 0.250. The number of phenolic OH excluding ortho intramolecular Hbond substituents is 1. The van der Waals surface area contributed by atoms with Crippen molar-refractivity contribution < 1.29 is 19.4 Å². The van der Waals surface area contributed by atoms with E-state index in [1.165, 1.54) is 18.1 Å². The summed E-state index contributed by atoms with van der Waals surface area (Å²) in [7, 11) is 4.78. The number of benzene rings is 1. The Morgan fingerprint density at radius 2 is 2.16 bits per heavy atom. The second kappa shape index (κ2) is 7.35. The van der Waals surface area contributed by atoms with Crippen molar-refractivity contribution >= 4 is 21.8 Å². The lowest BCUT2D eigenvalue weighted by molar-refractivity contribution is 0.0781. The Morgan fingerprint density at radius 1 is 1.47 bits per heavy atom. The summed E-state index contributed by atoms with van der Waals surface area (Å²) in [5, 5.41) is 9.82. The highest BCUT2D eigenvalue weighted by molar-refractivity contribution is 9.09. The third-order valence-electron chi connectivity index (χ3n) is 2.60. The van der Waals surface area contributed by atoms with Gasteiger partial charge < -0.3 is 19.5 Å². The van der Waals surface area contributed by atoms with Crippen LogP contribution in [0.2, 0.25) is 0 Å². The van der Waals surface area contributed by atoms with Gasteiger partial charge in [-0.15, -0.1) is 0 Å². The Hall–Kier alpha value is -1.27. The first kappa shape index (κ1) is 15.8. The van der Waals surface area contributed by atoms with Crippen LogP contribution in [0, 0.1) is 0 Å². The van der Waals surface area contributed by atoms with Crippen molar-refractivity contribution in [2.24, 2.45) is 0 Å². The van der Waals surface area contributed by atoms with E-state index in [1.54, 1.807) is 26.3 Å². The monoisotopic (exact) mass is 331 g/mol. The number of alkyl halides is 1. The maximum Gasteiger partial charge on any atom is 0.257 e. The lowest BCUT2D eigenvalue weighted by atomic mass is 10.1. The topological polar surface area (TPSA) is 59.0 Å². The van der Waals surface area contributed by atoms with Crippen molar-refractivity contribution in [2.75, 3.05) is 34.4 Å². The molecule has 1 atom stereocenters. The standard InChI is InChI=1S/C13H18BrNO4/c1-15(7-9(14)8-18-2)13(17)11-5-4-10(19-3)6-12(11)16/h4-6,9,16H,7-8H2,1-3H3. The maximum absolute atomic E-state index is 12.2. The number of carbonyl (C=O) groups is 1. The van der Waals surface area contributed by atoms with E-state index in [4.69, 9.17) is 9.47 Å². The number of amides is 1. The van der Waals surface area contributed by atoms with Crippen LogP contribution in [0.25, 0.3) is 0 Å². The van der Waals surface area contributed by atoms with Crippen molar-refractivity contribution in [3.05, 3.63) is 23.8 Å². The van der Waals surface area contributed by atoms with Crippen molar-refractivity contribution in [1.29, 1.82) is 0 Å². The molecule has 1 amide bonds. The average Bonchev–Trinajstić information content (AvgIpc) is 2.37. The van der Waals surface area contributed by atoms with Gasteiger partial charge >= 0.3 is 0 Å². The number of halogens is 1. The van der Waals surface area contributed by atoms with Gasteiger partial charge in [0.15, 0.2) is 0 Å². The van der Waals surface area contributed by atoms with Gasteiger partial charge in [-0.25, -0.2) is 0 Å². The molecule has 0 radical (unpaired) electrons. The second-order valence-corrected chi connectivity index (χ2v) is 5.42. The molecule has 6 heteroatoms. The zero-order chi connectivity index (χ0) is 14.4. The summed E-state index contributed by atoms with van der Waals surface area (Å²) in [6.07, 6.45) is 0. The fourth-order valence-corrected chi connectivity index (χ4v) is 2.34. The number of ether oxygens (including phenoxy) is 2. The molecule has 0 aliphatic carbocycles. The van der Waals surface area contributed by atoms with E-state index in [9.17, 15) is 9.90 Å². The van der Waals surface area contributed by atoms with E-state index in [1.807, 2.05) is 0 Å². The van der Waals surface area contributed by atoms with Crippen molar-refractivity contribution in [2.45, 2.75) is 4.83 Å². The molecular formula is C13H18BrNO4. The van der Waals surface area contributed by atoms with Crippen LogP contribution >= 0.6 is 15.9 Å². The minimum absolute atomic E-state index is 0.0480. The van der Waals surface area contributed by atoms with Crippen LogP contribution in [0.15, 0.2) is 18.2 Å². The molecule has 19 heavy (non-hydrogen) atoms. The molecule has 106 valence electrons. The van der Waals surface area contributed by atoms with E-state index >= 15 is 0 Å². The molecule has 1 rings (SSSR count). The van der Waals surface area contributed by atoms with Gasteiger partial charge in [0.25, 0.3) is 5.91 Å². The molecule has 0 fully saturated rings. The summed E-state index contributed by atoms with van der Waals surface area (Å²) in [6, 6.07) is 4.61. The molecule has 0 saturated carbocycles. The highest BCUT2D eigenvalue weighted by Crippen LogP contribution is 2.24. The van der Waals surface area contributed by atoms with Gasteiger partial charge in [0.05, 0.1) is 24.1 Å². The molecule has 1 unspecified atom stereocenters. The molecular weight excluding hydrogens is 314 g/mol. The molecule has 5 nitrogen and oxygen atoms in total. The first-order valence-corrected chi connectivity index (χ1v) is 6.66. The van der Waals surface area contributed by atoms with Gasteiger partial charge in [-0.1, -0.05) is 15.9 Å². The van der Waals surface area contributed by atoms with Crippen molar-refractivity contribution in [1.82, 2.24) is 4.90 Å². The lowest BCUT2D eigenvalue weighted by Crippen LogP contribution is -2.33. The number of hydrogen-bond acceptors (Lipinski definition) is 4. The van der Waals surface area contributed by atoms with Gasteiger partial charge in [0, 0.05) is 26.8 Å². The van der Waals surface area contributed by atoms with E-state index in [0.717, 1.165) is 0 Å². The SMILES string of the molecule is COCC(Br)CN(C)C(=O)c1ccc(OC)cc1O. The zero-order valence-corrected chi connectivity index (χ0v) is 12.8. The van der Waals surface area contributed by atoms with Crippen LogP contribution in [0.4, 0.5) is 0 Å². The minimum Gasteiger partial charge on any atom is -0.507 e. The Balaban J connectivity index is 2.76. The molecule has 0 bridgehead atoms. The van der Waals surface area contributed by atoms with E-state index < -0.39 is 0 Å². The van der Waals surface area contributed by atoms with E-state index in [-0.39, 0.29) is 22.0 Å². The predicted octanol–water partition coefficient (Wildman–Crippen LogP) is 1.88. The van der Waals surface area contributed by atoms with Crippen LogP contribution in [0.3, 0.4) is 0 Å². The second-order valence-electron chi connectivity index (χ2n) is 4.12. The molecule has 0 spiro atoms. The largest absolute Gasteiger partial charge is 0.507 e. The normalized spacial score (nSPS) is 12.0. The first-order chi connectivity index (χ1) is 8.99. The van der Waals surface area contributed by atoms with Gasteiger partial charge in [-0.2, -0.15) is 0 Å². The third-order valence-corrected chi connectivity index (χ3v) is 3.16. The summed E-state index contributed by atoms with van der Waals surface area (Å²) < 4.78 is 9.97. The molecule has 0 heterocycles. The Bertz CT molecular complexity index is 439. The van der Waals surface area contributed by atoms with Crippen LogP contribution in [-0.2, 0) is 4.74 Å². The summed E-state index contributed by atoms with van der Waals surface area (Å²) in [4.78, 5) is 13.7. The molecule has 0 aromatic heterocycles. The van der Waals surface area contributed by atoms with Gasteiger partial charge in [0.2, 0.25) is 0 Å². The number of hydrogen-bond donors (Lipinski definition) is 1. The maximum atomic E-state index is 12.2. The molecule has 1 aromatic carbocycles. The molecule has 0 saturated heterocycles. The summed E-state index contributed by atoms with van der Waals surface area (Å²) >= 11 is 3.42. The fraction of sp³-hybridized carbons (Fsp3) is 0.462. The number of nitrogens with zero attached hydrogens (tertiary/aromatic N) is 1. The smallest absolute Gasteiger partial charge is 0.257 e. The molecule has 0 aliphatic rings. The zero-order valence-electron chi connectivity index (χ0n) is 11.2. The number of aromatic hydroxyl groups is 1. The first-order valence-electron chi connectivity index (χ1n) is 5.75. The highest BCUT2D eigenvalue weighted by atomic mass is 79.9. The quantitative estimate of drug-likeness (QED) is 0.808. The van der Waals surface area contributed by atoms with Gasteiger partial charge in [-0.3, -0.25) is 4.79 Å². The predicted molar refractivity (Wildman–Crippen MR) is 76.2 cm³/mol. The van der Waals surface area contributed by atoms with Crippen molar-refractivity contribution in [3.63, 3.8) is 0 Å². The summed E-state index contributed by atoms with van der Waals surface area (Å²) in [6.45, 7) is 0.990. The van der Waals surface area contributed by atoms with Crippen LogP contribution in [0.1, 0.15) is 10.4 Å². The highest BCUT2D eigenvalue weighted by Gasteiger charge is 2.18. The number of rotatable bonds is 6. The van der Waals surface area contributed by atoms with Crippen LogP contribution < -0.4 is 4.74 Å². The van der Waals surface area contributed by atoms with E-state index in [0.29, 0.717) is 18.9 Å². The minimum atomic E-state index is -0.249. The van der Waals surface area contributed by atoms with Gasteiger partial charge in [-0.05, 0) is 12.1 Å². The van der Waals surface area contributed by atoms with Crippen molar-refractivity contribution in [3.8, 4) is 11.5 Å². The van der Waals surface area contributed by atoms with Crippen LogP contribution in [-0.4, -0.2) is 55.2 Å². The Morgan fingerprint density at radius 3 is 2.68 bits per heavy atom. The molecule has 1 aromatic rings. The van der Waals surface area contributed by atoms with Gasteiger partial charge in [0.1, 0.15) is 11.5 Å². The average molecular weight is 332 g/mol. The number of methoxy groups -OCH3 is 2. The lowest BCUT2D eigenvalue weighted by Gasteiger charge is -2.20. The molecule has 1 N–H and O–H groups in total. The van der Waals surface area contributed by atoms with Crippen LogP contribution in [0.5, 0.6) is 11.5 Å². The molecule has 0 aliphatic heterocycles. The number of phenols is 1. The Kier molecular flexibility index (Phi) is 6.11. The third kappa shape index (κ3) is 4.40. The number of carbonyl (C=O) groups excluding carboxylic acids is 1. The Labute approximate surface area is 121 Å². The van der Waals surface area contributed by atoms with E-state index in [2.05, 4.69) is 15.9 Å².